The molecule has 0 radical (unpaired) electrons. The van der Waals surface area contributed by atoms with E-state index < -0.39 is 0 Å². The Hall–Kier alpha value is -1.59. The Morgan fingerprint density at radius 3 is 2.53 bits per heavy atom. The normalized spacial score (nSPS) is 10.5. The number of amides is 1. The van der Waals surface area contributed by atoms with E-state index in [-0.39, 0.29) is 12.5 Å². The van der Waals surface area contributed by atoms with E-state index in [1.54, 1.807) is 0 Å². The zero-order valence-electron chi connectivity index (χ0n) is 11.8. The molecule has 0 atom stereocenters. The molecule has 1 aromatic rings. The maximum absolute atomic E-state index is 11.2. The summed E-state index contributed by atoms with van der Waals surface area (Å²) in [7, 11) is 5.52. The van der Waals surface area contributed by atoms with Gasteiger partial charge in [-0.05, 0) is 31.8 Å². The third kappa shape index (κ3) is 6.79. The lowest BCUT2D eigenvalue weighted by Gasteiger charge is -2.11. The summed E-state index contributed by atoms with van der Waals surface area (Å²) < 4.78 is 10.3. The monoisotopic (exact) mass is 266 g/mol. The molecule has 5 heteroatoms. The van der Waals surface area contributed by atoms with Gasteiger partial charge in [0, 0.05) is 20.2 Å². The number of methoxy groups -OCH3 is 1. The summed E-state index contributed by atoms with van der Waals surface area (Å²) in [5, 5.41) is 2.77. The van der Waals surface area contributed by atoms with Crippen LogP contribution in [0.25, 0.3) is 0 Å². The number of nitrogens with one attached hydrogen (secondary N) is 1. The summed E-state index contributed by atoms with van der Waals surface area (Å²) in [4.78, 5) is 13.3. The highest BCUT2D eigenvalue weighted by molar-refractivity contribution is 5.77. The summed E-state index contributed by atoms with van der Waals surface area (Å²) >= 11 is 0. The molecular formula is C14H22N2O3. The third-order valence-corrected chi connectivity index (χ3v) is 2.50. The summed E-state index contributed by atoms with van der Waals surface area (Å²) in [5.41, 5.74) is 1.03. The number of carbonyl (C=O) groups excluding carboxylic acids is 1. The number of likely N-dealkylation sites (N-methyl/N-ethyl adjacent to an activating group) is 1. The zero-order chi connectivity index (χ0) is 14.1. The maximum atomic E-state index is 11.2. The smallest absolute Gasteiger partial charge is 0.246 e. The van der Waals surface area contributed by atoms with Crippen LogP contribution in [0.2, 0.25) is 0 Å². The van der Waals surface area contributed by atoms with E-state index in [0.717, 1.165) is 17.9 Å². The molecule has 0 unspecified atom stereocenters. The second-order valence-electron chi connectivity index (χ2n) is 4.51. The number of benzene rings is 1. The highest BCUT2D eigenvalue weighted by atomic mass is 16.5. The summed E-state index contributed by atoms with van der Waals surface area (Å²) in [6, 6.07) is 7.71. The van der Waals surface area contributed by atoms with Gasteiger partial charge in [0.1, 0.15) is 19.0 Å². The molecule has 0 bridgehead atoms. The van der Waals surface area contributed by atoms with Gasteiger partial charge in [-0.1, -0.05) is 12.1 Å². The van der Waals surface area contributed by atoms with Crippen LogP contribution >= 0.6 is 0 Å². The number of rotatable bonds is 8. The molecule has 0 aliphatic carbocycles. The molecule has 106 valence electrons. The molecular weight excluding hydrogens is 244 g/mol. The van der Waals surface area contributed by atoms with Crippen molar-refractivity contribution in [2.75, 3.05) is 41.0 Å². The largest absolute Gasteiger partial charge is 0.492 e. The van der Waals surface area contributed by atoms with E-state index in [0.29, 0.717) is 13.2 Å². The Morgan fingerprint density at radius 1 is 1.26 bits per heavy atom. The van der Waals surface area contributed by atoms with Gasteiger partial charge in [0.15, 0.2) is 0 Å². The summed E-state index contributed by atoms with van der Waals surface area (Å²) in [6.45, 7) is 2.14. The second kappa shape index (κ2) is 8.50. The maximum Gasteiger partial charge on any atom is 0.246 e. The van der Waals surface area contributed by atoms with Gasteiger partial charge in [0.05, 0.1) is 0 Å². The van der Waals surface area contributed by atoms with E-state index in [9.17, 15) is 4.79 Å². The molecule has 1 rings (SSSR count). The lowest BCUT2D eigenvalue weighted by molar-refractivity contribution is -0.124. The zero-order valence-corrected chi connectivity index (χ0v) is 11.8. The fourth-order valence-electron chi connectivity index (χ4n) is 1.43. The fourth-order valence-corrected chi connectivity index (χ4v) is 1.43. The van der Waals surface area contributed by atoms with Crippen molar-refractivity contribution in [2.45, 2.75) is 6.54 Å². The predicted molar refractivity (Wildman–Crippen MR) is 74.2 cm³/mol. The number of hydrogen-bond acceptors (Lipinski definition) is 4. The minimum atomic E-state index is -0.117. The molecule has 0 saturated carbocycles. The van der Waals surface area contributed by atoms with Gasteiger partial charge in [0.25, 0.3) is 0 Å². The van der Waals surface area contributed by atoms with Crippen molar-refractivity contribution >= 4 is 5.91 Å². The molecule has 0 aliphatic rings. The third-order valence-electron chi connectivity index (χ3n) is 2.50. The Kier molecular flexibility index (Phi) is 6.92. The van der Waals surface area contributed by atoms with Gasteiger partial charge in [-0.15, -0.1) is 0 Å². The van der Waals surface area contributed by atoms with Crippen molar-refractivity contribution in [3.63, 3.8) is 0 Å². The standard InChI is InChI=1S/C14H22N2O3/c1-16(2)8-9-19-13-6-4-12(5-7-13)10-15-14(17)11-18-3/h4-7H,8-11H2,1-3H3,(H,15,17). The summed E-state index contributed by atoms with van der Waals surface area (Å²) in [5.74, 6) is 0.725. The minimum absolute atomic E-state index is 0.0890. The van der Waals surface area contributed by atoms with Gasteiger partial charge < -0.3 is 19.7 Å². The van der Waals surface area contributed by atoms with Crippen molar-refractivity contribution in [3.05, 3.63) is 29.8 Å². The molecule has 0 aromatic heterocycles. The molecule has 0 aliphatic heterocycles. The average Bonchev–Trinajstić information content (AvgIpc) is 2.38. The van der Waals surface area contributed by atoms with Gasteiger partial charge in [-0.3, -0.25) is 4.79 Å². The first kappa shape index (κ1) is 15.5. The quantitative estimate of drug-likeness (QED) is 0.759. The van der Waals surface area contributed by atoms with Crippen molar-refractivity contribution in [1.29, 1.82) is 0 Å². The van der Waals surface area contributed by atoms with Crippen LogP contribution in [-0.4, -0.2) is 51.8 Å². The predicted octanol–water partition coefficient (Wildman–Crippen LogP) is 0.890. The summed E-state index contributed by atoms with van der Waals surface area (Å²) in [6.07, 6.45) is 0. The highest BCUT2D eigenvalue weighted by Crippen LogP contribution is 2.11. The Morgan fingerprint density at radius 2 is 1.95 bits per heavy atom. The molecule has 0 saturated heterocycles. The molecule has 19 heavy (non-hydrogen) atoms. The van der Waals surface area contributed by atoms with Gasteiger partial charge >= 0.3 is 0 Å². The lowest BCUT2D eigenvalue weighted by atomic mass is 10.2. The SMILES string of the molecule is COCC(=O)NCc1ccc(OCCN(C)C)cc1. The van der Waals surface area contributed by atoms with E-state index in [1.807, 2.05) is 38.4 Å². The second-order valence-corrected chi connectivity index (χ2v) is 4.51. The number of hydrogen-bond donors (Lipinski definition) is 1. The van der Waals surface area contributed by atoms with Crippen molar-refractivity contribution in [3.8, 4) is 5.75 Å². The molecule has 0 spiro atoms. The Bertz CT molecular complexity index is 377. The molecule has 1 N–H and O–H groups in total. The Balaban J connectivity index is 2.33. The van der Waals surface area contributed by atoms with Crippen LogP contribution in [-0.2, 0) is 16.1 Å². The van der Waals surface area contributed by atoms with Crippen LogP contribution in [0.5, 0.6) is 5.75 Å². The van der Waals surface area contributed by atoms with Crippen LogP contribution in [0.15, 0.2) is 24.3 Å². The first-order chi connectivity index (χ1) is 9.11. The molecule has 5 nitrogen and oxygen atoms in total. The van der Waals surface area contributed by atoms with Crippen molar-refractivity contribution in [2.24, 2.45) is 0 Å². The van der Waals surface area contributed by atoms with Gasteiger partial charge in [-0.2, -0.15) is 0 Å². The van der Waals surface area contributed by atoms with Crippen LogP contribution in [0.1, 0.15) is 5.56 Å². The van der Waals surface area contributed by atoms with Crippen molar-refractivity contribution < 1.29 is 14.3 Å². The van der Waals surface area contributed by atoms with E-state index >= 15 is 0 Å². The molecule has 0 fully saturated rings. The van der Waals surface area contributed by atoms with Crippen LogP contribution in [0.4, 0.5) is 0 Å². The molecule has 1 aromatic carbocycles. The van der Waals surface area contributed by atoms with Gasteiger partial charge in [0.2, 0.25) is 5.91 Å². The van der Waals surface area contributed by atoms with E-state index in [4.69, 9.17) is 9.47 Å². The van der Waals surface area contributed by atoms with Crippen molar-refractivity contribution in [1.82, 2.24) is 10.2 Å². The number of ether oxygens (including phenoxy) is 2. The minimum Gasteiger partial charge on any atom is -0.492 e. The lowest BCUT2D eigenvalue weighted by Crippen LogP contribution is -2.26. The van der Waals surface area contributed by atoms with E-state index in [2.05, 4.69) is 10.2 Å². The van der Waals surface area contributed by atoms with Crippen LogP contribution < -0.4 is 10.1 Å². The topological polar surface area (TPSA) is 50.8 Å². The first-order valence-electron chi connectivity index (χ1n) is 6.24. The fraction of sp³-hybridized carbons (Fsp3) is 0.500. The molecule has 0 heterocycles. The van der Waals surface area contributed by atoms with Crippen LogP contribution in [0, 0.1) is 0 Å². The number of nitrogens with zero attached hydrogens (tertiary/aromatic N) is 1. The van der Waals surface area contributed by atoms with Crippen LogP contribution in [0.3, 0.4) is 0 Å². The van der Waals surface area contributed by atoms with E-state index in [1.165, 1.54) is 7.11 Å². The van der Waals surface area contributed by atoms with Gasteiger partial charge in [-0.25, -0.2) is 0 Å². The average molecular weight is 266 g/mol. The highest BCUT2D eigenvalue weighted by Gasteiger charge is 2.00. The molecule has 1 amide bonds. The Labute approximate surface area is 114 Å². The first-order valence-corrected chi connectivity index (χ1v) is 6.24. The number of carbonyl (C=O) groups is 1.